The van der Waals surface area contributed by atoms with Crippen LogP contribution >= 0.6 is 15.9 Å². The highest BCUT2D eigenvalue weighted by Crippen LogP contribution is 2.34. The number of carbonyl (C=O) groups excluding carboxylic acids is 2. The van der Waals surface area contributed by atoms with Crippen molar-refractivity contribution in [1.82, 2.24) is 0 Å². The highest BCUT2D eigenvalue weighted by atomic mass is 79.9. The van der Waals surface area contributed by atoms with Crippen LogP contribution in [-0.2, 0) is 4.79 Å². The zero-order valence-corrected chi connectivity index (χ0v) is 15.1. The fourth-order valence-electron chi connectivity index (χ4n) is 2.75. The maximum Gasteiger partial charge on any atom is 0.258 e. The largest absolute Gasteiger partial charge is 0.494 e. The second kappa shape index (κ2) is 7.23. The Hall–Kier alpha value is -2.41. The van der Waals surface area contributed by atoms with E-state index in [-0.39, 0.29) is 11.5 Å². The first-order chi connectivity index (χ1) is 12.0. The molecule has 0 unspecified atom stereocenters. The number of ether oxygens (including phenoxy) is 1. The van der Waals surface area contributed by atoms with Crippen molar-refractivity contribution in [2.24, 2.45) is 0 Å². The Bertz CT molecular complexity index is 841. The molecule has 1 fully saturated rings. The van der Waals surface area contributed by atoms with Gasteiger partial charge in [-0.1, -0.05) is 15.9 Å². The predicted molar refractivity (Wildman–Crippen MR) is 96.6 cm³/mol. The van der Waals surface area contributed by atoms with Crippen molar-refractivity contribution in [1.29, 1.82) is 0 Å². The van der Waals surface area contributed by atoms with Gasteiger partial charge in [-0.25, -0.2) is 4.39 Å². The molecule has 0 spiro atoms. The van der Waals surface area contributed by atoms with Gasteiger partial charge in [0.05, 0.1) is 18.4 Å². The monoisotopic (exact) mass is 406 g/mol. The first kappa shape index (κ1) is 17.4. The Morgan fingerprint density at radius 3 is 2.76 bits per heavy atom. The van der Waals surface area contributed by atoms with E-state index in [9.17, 15) is 14.0 Å². The molecule has 0 bridgehead atoms. The zero-order chi connectivity index (χ0) is 18.0. The molecule has 1 saturated heterocycles. The minimum absolute atomic E-state index is 0.0475. The Balaban J connectivity index is 1.85. The summed E-state index contributed by atoms with van der Waals surface area (Å²) < 4.78 is 19.8. The third-order valence-electron chi connectivity index (χ3n) is 3.97. The number of methoxy groups -OCH3 is 1. The van der Waals surface area contributed by atoms with E-state index in [2.05, 4.69) is 21.2 Å². The molecule has 0 aromatic heterocycles. The summed E-state index contributed by atoms with van der Waals surface area (Å²) in [5, 5.41) is 2.65. The predicted octanol–water partition coefficient (Wildman–Crippen LogP) is 3.98. The van der Waals surface area contributed by atoms with Gasteiger partial charge in [-0.15, -0.1) is 0 Å². The molecule has 1 aliphatic rings. The number of carbonyl (C=O) groups is 2. The summed E-state index contributed by atoms with van der Waals surface area (Å²) in [7, 11) is 1.50. The third-order valence-corrected chi connectivity index (χ3v) is 4.47. The molecule has 5 nitrogen and oxygen atoms in total. The average Bonchev–Trinajstić information content (AvgIpc) is 3.02. The Labute approximate surface area is 152 Å². The van der Waals surface area contributed by atoms with E-state index >= 15 is 0 Å². The zero-order valence-electron chi connectivity index (χ0n) is 13.5. The second-order valence-corrected chi connectivity index (χ2v) is 6.53. The molecule has 0 aliphatic carbocycles. The van der Waals surface area contributed by atoms with Crippen molar-refractivity contribution in [3.63, 3.8) is 0 Å². The Morgan fingerprint density at radius 2 is 2.08 bits per heavy atom. The summed E-state index contributed by atoms with van der Waals surface area (Å²) in [6.07, 6.45) is 1.33. The summed E-state index contributed by atoms with van der Waals surface area (Å²) in [6, 6.07) is 9.17. The fourth-order valence-corrected chi connectivity index (χ4v) is 3.11. The number of amides is 2. The van der Waals surface area contributed by atoms with Crippen molar-refractivity contribution in [2.45, 2.75) is 12.8 Å². The van der Waals surface area contributed by atoms with Crippen LogP contribution in [0.5, 0.6) is 5.75 Å². The molecule has 1 aliphatic heterocycles. The summed E-state index contributed by atoms with van der Waals surface area (Å²) in [6.45, 7) is 0.643. The van der Waals surface area contributed by atoms with Gasteiger partial charge in [0.1, 0.15) is 11.6 Å². The summed E-state index contributed by atoms with van der Waals surface area (Å²) in [4.78, 5) is 25.9. The van der Waals surface area contributed by atoms with Crippen LogP contribution in [0.2, 0.25) is 0 Å². The van der Waals surface area contributed by atoms with Gasteiger partial charge in [0.2, 0.25) is 5.91 Å². The van der Waals surface area contributed by atoms with E-state index in [1.807, 2.05) is 0 Å². The van der Waals surface area contributed by atoms with Gasteiger partial charge in [-0.2, -0.15) is 0 Å². The van der Waals surface area contributed by atoms with Gasteiger partial charge < -0.3 is 15.0 Å². The fraction of sp³-hybridized carbons (Fsp3) is 0.222. The Kier molecular flexibility index (Phi) is 5.03. The number of halogens is 2. The standard InChI is InChI=1S/C18H16BrFN2O3/c1-25-16-10-12(5-7-15(16)22-8-2-3-17(22)23)21-18(24)13-9-11(19)4-6-14(13)20/h4-7,9-10H,2-3,8H2,1H3,(H,21,24). The van der Waals surface area contributed by atoms with Gasteiger partial charge in [-0.3, -0.25) is 9.59 Å². The van der Waals surface area contributed by atoms with Crippen LogP contribution in [-0.4, -0.2) is 25.5 Å². The van der Waals surface area contributed by atoms with E-state index in [1.54, 1.807) is 23.1 Å². The quantitative estimate of drug-likeness (QED) is 0.835. The molecular formula is C18H16BrFN2O3. The first-order valence-electron chi connectivity index (χ1n) is 7.74. The van der Waals surface area contributed by atoms with E-state index in [4.69, 9.17) is 4.74 Å². The van der Waals surface area contributed by atoms with Crippen LogP contribution in [0.1, 0.15) is 23.2 Å². The van der Waals surface area contributed by atoms with Gasteiger partial charge in [0.25, 0.3) is 5.91 Å². The van der Waals surface area contributed by atoms with Gasteiger partial charge >= 0.3 is 0 Å². The number of rotatable bonds is 4. The molecule has 3 rings (SSSR count). The van der Waals surface area contributed by atoms with Gasteiger partial charge in [0.15, 0.2) is 0 Å². The third kappa shape index (κ3) is 3.66. The van der Waals surface area contributed by atoms with E-state index < -0.39 is 11.7 Å². The molecule has 0 saturated carbocycles. The lowest BCUT2D eigenvalue weighted by Gasteiger charge is -2.19. The highest BCUT2D eigenvalue weighted by molar-refractivity contribution is 9.10. The molecule has 2 aromatic rings. The lowest BCUT2D eigenvalue weighted by atomic mass is 10.2. The number of hydrogen-bond donors (Lipinski definition) is 1. The molecule has 130 valence electrons. The normalized spacial score (nSPS) is 13.9. The van der Waals surface area contributed by atoms with Crippen LogP contribution in [0.15, 0.2) is 40.9 Å². The van der Waals surface area contributed by atoms with Crippen molar-refractivity contribution >= 4 is 39.1 Å². The van der Waals surface area contributed by atoms with Crippen molar-refractivity contribution < 1.29 is 18.7 Å². The molecule has 7 heteroatoms. The Morgan fingerprint density at radius 1 is 1.28 bits per heavy atom. The number of nitrogens with one attached hydrogen (secondary N) is 1. The lowest BCUT2D eigenvalue weighted by molar-refractivity contribution is -0.117. The number of nitrogens with zero attached hydrogens (tertiary/aromatic N) is 1. The molecule has 1 heterocycles. The van der Waals surface area contributed by atoms with Crippen LogP contribution in [0.4, 0.5) is 15.8 Å². The molecule has 25 heavy (non-hydrogen) atoms. The SMILES string of the molecule is COc1cc(NC(=O)c2cc(Br)ccc2F)ccc1N1CCCC1=O. The summed E-state index contributed by atoms with van der Waals surface area (Å²) >= 11 is 3.22. The van der Waals surface area contributed by atoms with Crippen LogP contribution < -0.4 is 15.0 Å². The van der Waals surface area contributed by atoms with E-state index in [0.717, 1.165) is 6.42 Å². The average molecular weight is 407 g/mol. The second-order valence-electron chi connectivity index (χ2n) is 5.61. The maximum absolute atomic E-state index is 13.8. The molecule has 1 N–H and O–H groups in total. The molecule has 0 radical (unpaired) electrons. The van der Waals surface area contributed by atoms with E-state index in [1.165, 1.54) is 25.3 Å². The minimum atomic E-state index is -0.605. The molecular weight excluding hydrogens is 391 g/mol. The smallest absolute Gasteiger partial charge is 0.258 e. The lowest BCUT2D eigenvalue weighted by Crippen LogP contribution is -2.24. The number of anilines is 2. The summed E-state index contributed by atoms with van der Waals surface area (Å²) in [5.74, 6) is -0.646. The van der Waals surface area contributed by atoms with Crippen molar-refractivity contribution in [3.8, 4) is 5.75 Å². The first-order valence-corrected chi connectivity index (χ1v) is 8.53. The number of benzene rings is 2. The summed E-state index contributed by atoms with van der Waals surface area (Å²) in [5.41, 5.74) is 1.06. The van der Waals surface area contributed by atoms with Gasteiger partial charge in [0, 0.05) is 29.2 Å². The van der Waals surface area contributed by atoms with Crippen molar-refractivity contribution in [3.05, 3.63) is 52.3 Å². The highest BCUT2D eigenvalue weighted by Gasteiger charge is 2.24. The van der Waals surface area contributed by atoms with E-state index in [0.29, 0.717) is 34.6 Å². The maximum atomic E-state index is 13.8. The molecule has 2 amide bonds. The van der Waals surface area contributed by atoms with Crippen LogP contribution in [0, 0.1) is 5.82 Å². The molecule has 0 atom stereocenters. The topological polar surface area (TPSA) is 58.6 Å². The van der Waals surface area contributed by atoms with Crippen molar-refractivity contribution in [2.75, 3.05) is 23.9 Å². The number of hydrogen-bond acceptors (Lipinski definition) is 3. The minimum Gasteiger partial charge on any atom is -0.494 e. The molecule has 2 aromatic carbocycles. The van der Waals surface area contributed by atoms with Gasteiger partial charge in [-0.05, 0) is 36.8 Å². The van der Waals surface area contributed by atoms with Crippen LogP contribution in [0.25, 0.3) is 0 Å². The van der Waals surface area contributed by atoms with Crippen LogP contribution in [0.3, 0.4) is 0 Å².